The molecule has 1 amide bonds. The molecule has 0 saturated heterocycles. The molecule has 3 N–H and O–H groups in total. The van der Waals surface area contributed by atoms with Crippen molar-refractivity contribution in [3.05, 3.63) is 66.8 Å². The molecule has 1 saturated carbocycles. The summed E-state index contributed by atoms with van der Waals surface area (Å²) >= 11 is 0. The quantitative estimate of drug-likeness (QED) is 0.272. The van der Waals surface area contributed by atoms with Crippen LogP contribution in [0.15, 0.2) is 66.2 Å². The third kappa shape index (κ3) is 4.50. The molecule has 1 aliphatic heterocycles. The number of dihydropyridines is 1. The number of nitrogens with one attached hydrogen (secondary N) is 3. The van der Waals surface area contributed by atoms with Crippen molar-refractivity contribution in [1.29, 1.82) is 0 Å². The Labute approximate surface area is 224 Å². The van der Waals surface area contributed by atoms with Gasteiger partial charge in [0.25, 0.3) is 0 Å². The number of pyridine rings is 2. The minimum absolute atomic E-state index is 0.0913. The number of amides is 1. The van der Waals surface area contributed by atoms with Crippen molar-refractivity contribution in [2.45, 2.75) is 38.0 Å². The van der Waals surface area contributed by atoms with E-state index in [9.17, 15) is 4.79 Å². The number of imidazole rings is 1. The zero-order chi connectivity index (χ0) is 26.2. The topological polar surface area (TPSA) is 125 Å². The van der Waals surface area contributed by atoms with E-state index in [0.29, 0.717) is 18.1 Å². The second kappa shape index (κ2) is 9.90. The molecule has 4 aromatic heterocycles. The summed E-state index contributed by atoms with van der Waals surface area (Å²) in [5, 5.41) is 11.8. The molecule has 5 heterocycles. The normalized spacial score (nSPS) is 17.7. The molecule has 0 bridgehead atoms. The maximum absolute atomic E-state index is 12.8. The van der Waals surface area contributed by atoms with Crippen LogP contribution in [0.4, 0.5) is 5.69 Å². The average Bonchev–Trinajstić information content (AvgIpc) is 3.62. The van der Waals surface area contributed by atoms with Crippen molar-refractivity contribution < 1.29 is 4.79 Å². The zero-order valence-corrected chi connectivity index (χ0v) is 21.4. The first-order valence-electron chi connectivity index (χ1n) is 13.5. The van der Waals surface area contributed by atoms with Gasteiger partial charge in [-0.05, 0) is 42.7 Å². The number of aromatic amines is 2. The number of anilines is 1. The summed E-state index contributed by atoms with van der Waals surface area (Å²) in [6.07, 6.45) is 18.5. The second-order valence-electron chi connectivity index (χ2n) is 10.3. The summed E-state index contributed by atoms with van der Waals surface area (Å²) in [5.74, 6) is 1.00. The van der Waals surface area contributed by atoms with Crippen LogP contribution >= 0.6 is 0 Å². The van der Waals surface area contributed by atoms with Gasteiger partial charge in [-0.3, -0.25) is 24.9 Å². The van der Waals surface area contributed by atoms with E-state index in [1.165, 1.54) is 6.42 Å². The molecular formula is C30H28N8O. The average molecular weight is 517 g/mol. The van der Waals surface area contributed by atoms with E-state index in [1.54, 1.807) is 12.4 Å². The molecule has 0 spiro atoms. The maximum atomic E-state index is 12.8. The van der Waals surface area contributed by atoms with Gasteiger partial charge < -0.3 is 10.3 Å². The third-order valence-electron chi connectivity index (χ3n) is 7.76. The van der Waals surface area contributed by atoms with Gasteiger partial charge in [0.05, 0.1) is 34.6 Å². The van der Waals surface area contributed by atoms with Crippen molar-refractivity contribution in [1.82, 2.24) is 30.1 Å². The van der Waals surface area contributed by atoms with Gasteiger partial charge in [0.15, 0.2) is 5.82 Å². The molecule has 1 aliphatic carbocycles. The van der Waals surface area contributed by atoms with Crippen molar-refractivity contribution in [2.24, 2.45) is 10.9 Å². The molecule has 39 heavy (non-hydrogen) atoms. The number of rotatable bonds is 5. The Morgan fingerprint density at radius 3 is 2.72 bits per heavy atom. The van der Waals surface area contributed by atoms with Gasteiger partial charge >= 0.3 is 0 Å². The summed E-state index contributed by atoms with van der Waals surface area (Å²) in [5.41, 5.74) is 7.05. The predicted molar refractivity (Wildman–Crippen MR) is 153 cm³/mol. The molecule has 2 aliphatic rings. The molecular weight excluding hydrogens is 488 g/mol. The lowest BCUT2D eigenvalue weighted by atomic mass is 9.88. The van der Waals surface area contributed by atoms with E-state index < -0.39 is 0 Å². The van der Waals surface area contributed by atoms with Crippen molar-refractivity contribution in [3.63, 3.8) is 0 Å². The molecule has 194 valence electrons. The predicted octanol–water partition coefficient (Wildman–Crippen LogP) is 5.81. The number of allylic oxidation sites excluding steroid dienone is 1. The maximum Gasteiger partial charge on any atom is 0.227 e. The van der Waals surface area contributed by atoms with Crippen LogP contribution in [0.5, 0.6) is 0 Å². The number of fused-ring (bicyclic) bond motifs is 2. The molecule has 9 nitrogen and oxygen atoms in total. The number of carbonyl (C=O) groups is 1. The number of carbonyl (C=O) groups excluding carboxylic acids is 1. The van der Waals surface area contributed by atoms with Gasteiger partial charge in [-0.2, -0.15) is 5.10 Å². The Morgan fingerprint density at radius 2 is 1.85 bits per heavy atom. The number of hydrogen-bond donors (Lipinski definition) is 3. The van der Waals surface area contributed by atoms with Crippen LogP contribution in [-0.4, -0.2) is 48.8 Å². The van der Waals surface area contributed by atoms with Crippen LogP contribution in [0.25, 0.3) is 44.6 Å². The molecule has 1 unspecified atom stereocenters. The lowest BCUT2D eigenvalue weighted by Crippen LogP contribution is -2.24. The molecule has 7 rings (SSSR count). The fraction of sp³-hybridized carbons (Fsp3) is 0.267. The lowest BCUT2D eigenvalue weighted by molar-refractivity contribution is -0.120. The summed E-state index contributed by atoms with van der Waals surface area (Å²) < 4.78 is 0. The van der Waals surface area contributed by atoms with Gasteiger partial charge in [-0.1, -0.05) is 31.4 Å². The molecule has 1 fully saturated rings. The van der Waals surface area contributed by atoms with Crippen LogP contribution in [0.3, 0.4) is 0 Å². The monoisotopic (exact) mass is 516 g/mol. The van der Waals surface area contributed by atoms with E-state index >= 15 is 0 Å². The molecule has 1 atom stereocenters. The van der Waals surface area contributed by atoms with Crippen LogP contribution in [0.1, 0.15) is 43.6 Å². The Morgan fingerprint density at radius 1 is 0.949 bits per heavy atom. The first-order chi connectivity index (χ1) is 19.2. The van der Waals surface area contributed by atoms with Crippen molar-refractivity contribution in [3.8, 4) is 22.6 Å². The first-order valence-corrected chi connectivity index (χ1v) is 13.5. The lowest BCUT2D eigenvalue weighted by Gasteiger charge is -2.20. The van der Waals surface area contributed by atoms with Crippen molar-refractivity contribution in [2.75, 3.05) is 11.9 Å². The molecule has 5 aromatic rings. The number of aliphatic imine (C=N–C) groups is 1. The SMILES string of the molecule is O=C(Nc1cncc(-c2ccc3[nH]nc(-c4nc5c(C6C=CC=NC6)cncc5[nH]4)c3c2)c1)C1CCCCC1. The summed E-state index contributed by atoms with van der Waals surface area (Å²) in [6, 6.07) is 8.11. The van der Waals surface area contributed by atoms with Gasteiger partial charge in [0.1, 0.15) is 5.69 Å². The standard InChI is InChI=1S/C30H28N8O/c39-30(18-5-2-1-3-6-18)34-22-11-21(14-32-15-22)19-8-9-25-23(12-19)28(38-37-25)29-35-26-17-33-16-24(27(26)36-29)20-7-4-10-31-13-20/h4,7-12,14-18,20H,1-3,5-6,13H2,(H,34,39)(H,35,36)(H,37,38). The minimum atomic E-state index is 0.0913. The van der Waals surface area contributed by atoms with Crippen molar-refractivity contribution >= 4 is 39.7 Å². The number of nitrogens with zero attached hydrogens (tertiary/aromatic N) is 5. The molecule has 1 aromatic carbocycles. The van der Waals surface area contributed by atoms with E-state index in [0.717, 1.165) is 70.0 Å². The Bertz CT molecular complexity index is 1740. The number of H-pyrrole nitrogens is 2. The minimum Gasteiger partial charge on any atom is -0.335 e. The van der Waals surface area contributed by atoms with Crippen LogP contribution in [0.2, 0.25) is 0 Å². The van der Waals surface area contributed by atoms with Gasteiger partial charge in [0, 0.05) is 53.5 Å². The summed E-state index contributed by atoms with van der Waals surface area (Å²) in [7, 11) is 0. The zero-order valence-electron chi connectivity index (χ0n) is 21.4. The van der Waals surface area contributed by atoms with E-state index in [4.69, 9.17) is 4.98 Å². The highest BCUT2D eigenvalue weighted by molar-refractivity contribution is 5.97. The van der Waals surface area contributed by atoms with Crippen LogP contribution in [0, 0.1) is 5.92 Å². The van der Waals surface area contributed by atoms with E-state index in [-0.39, 0.29) is 17.7 Å². The van der Waals surface area contributed by atoms with Gasteiger partial charge in [0.2, 0.25) is 5.91 Å². The highest BCUT2D eigenvalue weighted by Gasteiger charge is 2.22. The highest BCUT2D eigenvalue weighted by Crippen LogP contribution is 2.33. The first kappa shape index (κ1) is 23.5. The van der Waals surface area contributed by atoms with Gasteiger partial charge in [-0.15, -0.1) is 0 Å². The highest BCUT2D eigenvalue weighted by atomic mass is 16.1. The van der Waals surface area contributed by atoms with E-state index in [2.05, 4.69) is 47.6 Å². The summed E-state index contributed by atoms with van der Waals surface area (Å²) in [4.78, 5) is 34.4. The number of benzene rings is 1. The number of aromatic nitrogens is 6. The van der Waals surface area contributed by atoms with E-state index in [1.807, 2.05) is 42.9 Å². The number of hydrogen-bond acceptors (Lipinski definition) is 6. The smallest absolute Gasteiger partial charge is 0.227 e. The van der Waals surface area contributed by atoms with Crippen LogP contribution < -0.4 is 5.32 Å². The largest absolute Gasteiger partial charge is 0.335 e. The summed E-state index contributed by atoms with van der Waals surface area (Å²) in [6.45, 7) is 0.683. The van der Waals surface area contributed by atoms with Crippen LogP contribution in [-0.2, 0) is 4.79 Å². The van der Waals surface area contributed by atoms with Gasteiger partial charge in [-0.25, -0.2) is 4.98 Å². The molecule has 0 radical (unpaired) electrons. The fourth-order valence-corrected chi connectivity index (χ4v) is 5.67. The third-order valence-corrected chi connectivity index (χ3v) is 7.76. The fourth-order valence-electron chi connectivity index (χ4n) is 5.67. The molecule has 9 heteroatoms. The Balaban J connectivity index is 1.21. The second-order valence-corrected chi connectivity index (χ2v) is 10.3. The Kier molecular flexibility index (Phi) is 5.96. The Hall–Kier alpha value is -4.66.